The Hall–Kier alpha value is -2.46. The van der Waals surface area contributed by atoms with E-state index < -0.39 is 11.5 Å². The van der Waals surface area contributed by atoms with Gasteiger partial charge in [-0.05, 0) is 23.0 Å². The molecule has 0 aliphatic heterocycles. The molecule has 25 heavy (non-hydrogen) atoms. The first-order valence-corrected chi connectivity index (χ1v) is 8.58. The van der Waals surface area contributed by atoms with Gasteiger partial charge < -0.3 is 5.11 Å². The molecule has 1 amide bonds. The number of aliphatic hydroxyl groups is 1. The first-order chi connectivity index (χ1) is 11.9. The van der Waals surface area contributed by atoms with Crippen molar-refractivity contribution in [3.8, 4) is 0 Å². The second kappa shape index (κ2) is 8.08. The molecule has 0 saturated carbocycles. The summed E-state index contributed by atoms with van der Waals surface area (Å²) in [5.74, 6) is -0.146. The molecule has 0 radical (unpaired) electrons. The Kier molecular flexibility index (Phi) is 6.10. The third kappa shape index (κ3) is 4.15. The number of rotatable bonds is 6. The van der Waals surface area contributed by atoms with Crippen LogP contribution >= 0.6 is 0 Å². The smallest absolute Gasteiger partial charge is 0.281 e. The van der Waals surface area contributed by atoms with Gasteiger partial charge in [-0.15, -0.1) is 0 Å². The lowest BCUT2D eigenvalue weighted by Crippen LogP contribution is -2.44. The van der Waals surface area contributed by atoms with Gasteiger partial charge in [-0.2, -0.15) is 5.10 Å². The van der Waals surface area contributed by atoms with Crippen LogP contribution in [0.2, 0.25) is 0 Å². The number of nitrogens with zero attached hydrogens (tertiary/aromatic N) is 1. The maximum absolute atomic E-state index is 12.9. The van der Waals surface area contributed by atoms with Crippen molar-refractivity contribution in [2.75, 3.05) is 0 Å². The van der Waals surface area contributed by atoms with Crippen molar-refractivity contribution in [2.45, 2.75) is 33.3 Å². The molecule has 0 fully saturated rings. The number of nitrogens with one attached hydrogen (secondary N) is 1. The first kappa shape index (κ1) is 18.9. The fraction of sp³-hybridized carbons (Fsp3) is 0.333. The summed E-state index contributed by atoms with van der Waals surface area (Å²) < 4.78 is 0. The van der Waals surface area contributed by atoms with E-state index in [4.69, 9.17) is 0 Å². The third-order valence-corrected chi connectivity index (χ3v) is 4.18. The summed E-state index contributed by atoms with van der Waals surface area (Å²) >= 11 is 0. The van der Waals surface area contributed by atoms with Gasteiger partial charge in [0, 0.05) is 5.71 Å². The van der Waals surface area contributed by atoms with E-state index in [0.29, 0.717) is 11.1 Å². The predicted molar refractivity (Wildman–Crippen MR) is 101 cm³/mol. The summed E-state index contributed by atoms with van der Waals surface area (Å²) in [6, 6.07) is 17.8. The normalized spacial score (nSPS) is 11.5. The van der Waals surface area contributed by atoms with Crippen LogP contribution in [-0.2, 0) is 10.4 Å². The minimum atomic E-state index is -1.80. The summed E-state index contributed by atoms with van der Waals surface area (Å²) in [6.07, 6.45) is 0. The van der Waals surface area contributed by atoms with E-state index in [0.717, 1.165) is 5.71 Å². The highest BCUT2D eigenvalue weighted by atomic mass is 16.3. The topological polar surface area (TPSA) is 61.7 Å². The Morgan fingerprint density at radius 3 is 1.64 bits per heavy atom. The Balaban J connectivity index is 2.43. The summed E-state index contributed by atoms with van der Waals surface area (Å²) in [5.41, 5.74) is 2.68. The Morgan fingerprint density at radius 1 is 0.880 bits per heavy atom. The Labute approximate surface area is 149 Å². The summed E-state index contributed by atoms with van der Waals surface area (Å²) in [4.78, 5) is 12.9. The van der Waals surface area contributed by atoms with Crippen LogP contribution < -0.4 is 5.43 Å². The fourth-order valence-corrected chi connectivity index (χ4v) is 2.91. The molecule has 0 aliphatic rings. The van der Waals surface area contributed by atoms with Gasteiger partial charge in [-0.3, -0.25) is 4.79 Å². The Bertz CT molecular complexity index is 673. The van der Waals surface area contributed by atoms with Crippen LogP contribution in [0.25, 0.3) is 0 Å². The molecule has 2 aromatic rings. The zero-order valence-electron chi connectivity index (χ0n) is 15.2. The second-order valence-electron chi connectivity index (χ2n) is 6.73. The fourth-order valence-electron chi connectivity index (χ4n) is 2.91. The molecule has 0 saturated heterocycles. The van der Waals surface area contributed by atoms with E-state index in [1.165, 1.54) is 0 Å². The molecule has 0 atom stereocenters. The Morgan fingerprint density at radius 2 is 1.28 bits per heavy atom. The molecule has 4 heteroatoms. The lowest BCUT2D eigenvalue weighted by Gasteiger charge is -2.27. The van der Waals surface area contributed by atoms with E-state index in [9.17, 15) is 9.90 Å². The molecule has 2 rings (SSSR count). The van der Waals surface area contributed by atoms with Crippen LogP contribution in [-0.4, -0.2) is 16.7 Å². The van der Waals surface area contributed by atoms with E-state index in [1.807, 2.05) is 39.8 Å². The maximum Gasteiger partial charge on any atom is 0.281 e. The molecule has 4 nitrogen and oxygen atoms in total. The van der Waals surface area contributed by atoms with E-state index in [2.05, 4.69) is 10.5 Å². The van der Waals surface area contributed by atoms with Gasteiger partial charge in [0.05, 0.1) is 0 Å². The van der Waals surface area contributed by atoms with Gasteiger partial charge in [0.1, 0.15) is 0 Å². The second-order valence-corrected chi connectivity index (χ2v) is 6.73. The molecule has 0 spiro atoms. The molecule has 132 valence electrons. The summed E-state index contributed by atoms with van der Waals surface area (Å²) in [7, 11) is 0. The molecular weight excluding hydrogens is 312 g/mol. The van der Waals surface area contributed by atoms with Crippen molar-refractivity contribution in [3.05, 3.63) is 71.8 Å². The highest BCUT2D eigenvalue weighted by Gasteiger charge is 2.40. The number of amides is 1. The minimum absolute atomic E-state index is 0.210. The number of hydrogen-bond acceptors (Lipinski definition) is 3. The van der Waals surface area contributed by atoms with Crippen molar-refractivity contribution >= 4 is 11.6 Å². The van der Waals surface area contributed by atoms with Gasteiger partial charge in [0.2, 0.25) is 0 Å². The molecule has 0 aromatic heterocycles. The van der Waals surface area contributed by atoms with Gasteiger partial charge in [-0.25, -0.2) is 5.43 Å². The van der Waals surface area contributed by atoms with Crippen molar-refractivity contribution in [1.82, 2.24) is 5.43 Å². The summed E-state index contributed by atoms with van der Waals surface area (Å²) in [6.45, 7) is 8.13. The van der Waals surface area contributed by atoms with Crippen LogP contribution in [0.15, 0.2) is 65.8 Å². The van der Waals surface area contributed by atoms with Crippen LogP contribution in [0.1, 0.15) is 38.8 Å². The monoisotopic (exact) mass is 338 g/mol. The lowest BCUT2D eigenvalue weighted by atomic mass is 9.85. The predicted octanol–water partition coefficient (Wildman–Crippen LogP) is 3.71. The minimum Gasteiger partial charge on any atom is -0.372 e. The zero-order valence-corrected chi connectivity index (χ0v) is 15.2. The molecule has 0 bridgehead atoms. The lowest BCUT2D eigenvalue weighted by molar-refractivity contribution is -0.136. The zero-order chi connectivity index (χ0) is 18.4. The van der Waals surface area contributed by atoms with E-state index in [1.54, 1.807) is 48.5 Å². The standard InChI is InChI=1S/C21H26N2O2/c1-15(2)19(16(3)4)22-23-20(24)21(25,17-11-7-5-8-12-17)18-13-9-6-10-14-18/h5-16,25H,1-4H3,(H,23,24). The maximum atomic E-state index is 12.9. The van der Waals surface area contributed by atoms with Crippen LogP contribution in [0.5, 0.6) is 0 Å². The van der Waals surface area contributed by atoms with Crippen molar-refractivity contribution in [1.29, 1.82) is 0 Å². The van der Waals surface area contributed by atoms with Crippen LogP contribution in [0, 0.1) is 11.8 Å². The van der Waals surface area contributed by atoms with Gasteiger partial charge >= 0.3 is 0 Å². The third-order valence-electron chi connectivity index (χ3n) is 4.18. The number of hydrogen-bond donors (Lipinski definition) is 2. The number of hydrazone groups is 1. The molecule has 0 heterocycles. The largest absolute Gasteiger partial charge is 0.372 e. The van der Waals surface area contributed by atoms with Crippen molar-refractivity contribution < 1.29 is 9.90 Å². The number of benzene rings is 2. The van der Waals surface area contributed by atoms with Crippen LogP contribution in [0.3, 0.4) is 0 Å². The van der Waals surface area contributed by atoms with Crippen molar-refractivity contribution in [3.63, 3.8) is 0 Å². The molecule has 0 unspecified atom stereocenters. The quantitative estimate of drug-likeness (QED) is 0.623. The van der Waals surface area contributed by atoms with Gasteiger partial charge in [-0.1, -0.05) is 88.4 Å². The van der Waals surface area contributed by atoms with Gasteiger partial charge in [0.25, 0.3) is 5.91 Å². The van der Waals surface area contributed by atoms with Gasteiger partial charge in [0.15, 0.2) is 5.60 Å². The first-order valence-electron chi connectivity index (χ1n) is 8.58. The van der Waals surface area contributed by atoms with Crippen molar-refractivity contribution in [2.24, 2.45) is 16.9 Å². The molecule has 0 aliphatic carbocycles. The summed E-state index contributed by atoms with van der Waals surface area (Å²) in [5, 5.41) is 15.6. The number of carbonyl (C=O) groups is 1. The van der Waals surface area contributed by atoms with Crippen LogP contribution in [0.4, 0.5) is 0 Å². The SMILES string of the molecule is CC(C)C(=NNC(=O)C(O)(c1ccccc1)c1ccccc1)C(C)C. The van der Waals surface area contributed by atoms with E-state index >= 15 is 0 Å². The molecule has 2 N–H and O–H groups in total. The number of carbonyl (C=O) groups excluding carboxylic acids is 1. The highest BCUT2D eigenvalue weighted by molar-refractivity contribution is 5.93. The highest BCUT2D eigenvalue weighted by Crippen LogP contribution is 2.29. The average Bonchev–Trinajstić information content (AvgIpc) is 2.61. The molecule has 2 aromatic carbocycles. The van der Waals surface area contributed by atoms with E-state index in [-0.39, 0.29) is 11.8 Å². The average molecular weight is 338 g/mol. The molecular formula is C21H26N2O2.